The van der Waals surface area contributed by atoms with Gasteiger partial charge >= 0.3 is 12.0 Å². The number of ether oxygens (including phenoxy) is 3. The number of hydrogen-bond acceptors (Lipinski definition) is 7. The van der Waals surface area contributed by atoms with Crippen molar-refractivity contribution in [1.82, 2.24) is 10.2 Å². The highest BCUT2D eigenvalue weighted by molar-refractivity contribution is 6.35. The maximum atomic E-state index is 12.9. The van der Waals surface area contributed by atoms with Crippen molar-refractivity contribution in [2.45, 2.75) is 13.2 Å². The molecule has 11 heteroatoms. The molecule has 0 saturated carbocycles. The molecule has 0 radical (unpaired) electrons. The molecule has 1 aromatic heterocycles. The quantitative estimate of drug-likeness (QED) is 0.246. The maximum absolute atomic E-state index is 12.9. The van der Waals surface area contributed by atoms with E-state index in [-0.39, 0.29) is 24.6 Å². The number of carbonyl (C=O) groups excluding carboxylic acids is 3. The summed E-state index contributed by atoms with van der Waals surface area (Å²) in [5.41, 5.74) is 1.29. The van der Waals surface area contributed by atoms with Gasteiger partial charge in [-0.15, -0.1) is 0 Å². The molecule has 0 bridgehead atoms. The Morgan fingerprint density at radius 3 is 2.58 bits per heavy atom. The van der Waals surface area contributed by atoms with E-state index in [1.54, 1.807) is 42.5 Å². The molecule has 1 fully saturated rings. The molecule has 2 heterocycles. The minimum Gasteiger partial charge on any atom is -0.493 e. The number of benzene rings is 2. The number of nitrogens with one attached hydrogen (secondary N) is 1. The van der Waals surface area contributed by atoms with Gasteiger partial charge in [0.2, 0.25) is 5.76 Å². The first-order valence-corrected chi connectivity index (χ1v) is 11.3. The fraction of sp³-hybridized carbons (Fsp3) is 0.160. The Balaban J connectivity index is 1.46. The fourth-order valence-corrected chi connectivity index (χ4v) is 3.88. The molecule has 1 aliphatic rings. The summed E-state index contributed by atoms with van der Waals surface area (Å²) in [6.45, 7) is 0.0448. The second kappa shape index (κ2) is 10.8. The number of rotatable bonds is 8. The minimum atomic E-state index is -0.584. The lowest BCUT2D eigenvalue weighted by Crippen LogP contribution is -2.30. The van der Waals surface area contributed by atoms with E-state index in [0.29, 0.717) is 38.4 Å². The van der Waals surface area contributed by atoms with Crippen LogP contribution in [0.15, 0.2) is 58.6 Å². The van der Waals surface area contributed by atoms with Crippen LogP contribution in [0.25, 0.3) is 6.08 Å². The third-order valence-corrected chi connectivity index (χ3v) is 5.81. The average Bonchev–Trinajstić information content (AvgIpc) is 3.44. The topological polar surface area (TPSA) is 107 Å². The SMILES string of the molecule is COC(=O)c1ccc(COc2ccc(/C=C3/NC(=O)N(Cc4ccc(Cl)cc4Cl)C3=O)cc2OC)o1. The summed E-state index contributed by atoms with van der Waals surface area (Å²) in [7, 11) is 2.74. The highest BCUT2D eigenvalue weighted by atomic mass is 35.5. The number of carbonyl (C=O) groups is 3. The van der Waals surface area contributed by atoms with Crippen LogP contribution in [-0.4, -0.2) is 37.0 Å². The largest absolute Gasteiger partial charge is 0.493 e. The first kappa shape index (κ1) is 25.2. The molecule has 1 aliphatic heterocycles. The highest BCUT2D eigenvalue weighted by Gasteiger charge is 2.34. The number of furan rings is 1. The molecule has 2 aromatic carbocycles. The molecular formula is C25H20Cl2N2O7. The molecule has 3 amide bonds. The molecule has 0 spiro atoms. The molecule has 4 rings (SSSR count). The van der Waals surface area contributed by atoms with Gasteiger partial charge in [0.05, 0.1) is 20.8 Å². The maximum Gasteiger partial charge on any atom is 0.373 e. The van der Waals surface area contributed by atoms with Gasteiger partial charge in [-0.1, -0.05) is 35.3 Å². The standard InChI is InChI=1S/C25H20Cl2N2O7/c1-33-22-10-14(3-7-20(22)35-13-17-6-8-21(36-17)24(31)34-2)9-19-23(30)29(25(32)28-19)12-15-4-5-16(26)11-18(15)27/h3-11H,12-13H2,1-2H3,(H,28,32)/b19-9+. The van der Waals surface area contributed by atoms with Crippen LogP contribution in [0, 0.1) is 0 Å². The van der Waals surface area contributed by atoms with Crippen molar-refractivity contribution in [3.63, 3.8) is 0 Å². The molecule has 186 valence electrons. The molecule has 0 aliphatic carbocycles. The van der Waals surface area contributed by atoms with Gasteiger partial charge in [-0.25, -0.2) is 9.59 Å². The van der Waals surface area contributed by atoms with Crippen molar-refractivity contribution < 1.29 is 33.0 Å². The first-order chi connectivity index (χ1) is 17.3. The van der Waals surface area contributed by atoms with Crippen LogP contribution >= 0.6 is 23.2 Å². The van der Waals surface area contributed by atoms with Crippen LogP contribution in [0.3, 0.4) is 0 Å². The zero-order chi connectivity index (χ0) is 25.8. The van der Waals surface area contributed by atoms with Crippen molar-refractivity contribution in [1.29, 1.82) is 0 Å². The number of imide groups is 1. The lowest BCUT2D eigenvalue weighted by molar-refractivity contribution is -0.123. The Morgan fingerprint density at radius 1 is 1.06 bits per heavy atom. The Labute approximate surface area is 216 Å². The van der Waals surface area contributed by atoms with Crippen molar-refractivity contribution in [2.75, 3.05) is 14.2 Å². The van der Waals surface area contributed by atoms with Gasteiger partial charge in [0.1, 0.15) is 18.1 Å². The number of methoxy groups -OCH3 is 2. The van der Waals surface area contributed by atoms with Gasteiger partial charge in [-0.2, -0.15) is 0 Å². The van der Waals surface area contributed by atoms with Gasteiger partial charge < -0.3 is 23.9 Å². The second-order valence-corrected chi connectivity index (χ2v) is 8.42. The van der Waals surface area contributed by atoms with E-state index >= 15 is 0 Å². The molecule has 9 nitrogen and oxygen atoms in total. The summed E-state index contributed by atoms with van der Waals surface area (Å²) in [6.07, 6.45) is 1.53. The number of hydrogen-bond donors (Lipinski definition) is 1. The van der Waals surface area contributed by atoms with Crippen molar-refractivity contribution in [2.24, 2.45) is 0 Å². The first-order valence-electron chi connectivity index (χ1n) is 10.6. The highest BCUT2D eigenvalue weighted by Crippen LogP contribution is 2.31. The Hall–Kier alpha value is -3.95. The van der Waals surface area contributed by atoms with Crippen LogP contribution in [0.4, 0.5) is 4.79 Å². The van der Waals surface area contributed by atoms with Gasteiger partial charge in [0.15, 0.2) is 11.5 Å². The van der Waals surface area contributed by atoms with Crippen molar-refractivity contribution >= 4 is 47.2 Å². The Morgan fingerprint density at radius 2 is 1.86 bits per heavy atom. The lowest BCUT2D eigenvalue weighted by Gasteiger charge is -2.13. The molecule has 1 N–H and O–H groups in total. The van der Waals surface area contributed by atoms with Crippen LogP contribution in [0.1, 0.15) is 27.4 Å². The molecule has 0 atom stereocenters. The van der Waals surface area contributed by atoms with E-state index in [4.69, 9.17) is 37.1 Å². The van der Waals surface area contributed by atoms with Crippen molar-refractivity contribution in [3.8, 4) is 11.5 Å². The van der Waals surface area contributed by atoms with Crippen LogP contribution in [0.2, 0.25) is 10.0 Å². The van der Waals surface area contributed by atoms with Gasteiger partial charge in [0.25, 0.3) is 5.91 Å². The zero-order valence-electron chi connectivity index (χ0n) is 19.2. The van der Waals surface area contributed by atoms with Gasteiger partial charge in [-0.05, 0) is 53.6 Å². The minimum absolute atomic E-state index is 0.00141. The summed E-state index contributed by atoms with van der Waals surface area (Å²) >= 11 is 12.1. The molecule has 0 unspecified atom stereocenters. The number of urea groups is 1. The summed E-state index contributed by atoms with van der Waals surface area (Å²) in [6, 6.07) is 12.4. The van der Waals surface area contributed by atoms with E-state index in [1.807, 2.05) is 0 Å². The molecule has 36 heavy (non-hydrogen) atoms. The summed E-state index contributed by atoms with van der Waals surface area (Å²) in [5, 5.41) is 3.39. The third kappa shape index (κ3) is 5.48. The molecule has 3 aromatic rings. The van der Waals surface area contributed by atoms with E-state index in [0.717, 1.165) is 4.90 Å². The summed E-state index contributed by atoms with van der Waals surface area (Å²) in [5.74, 6) is 0.218. The van der Waals surface area contributed by atoms with Gasteiger partial charge in [-0.3, -0.25) is 9.69 Å². The predicted molar refractivity (Wildman–Crippen MR) is 131 cm³/mol. The zero-order valence-corrected chi connectivity index (χ0v) is 20.7. The third-order valence-electron chi connectivity index (χ3n) is 5.22. The molecular weight excluding hydrogens is 511 g/mol. The van der Waals surface area contributed by atoms with Crippen LogP contribution in [-0.2, 0) is 22.7 Å². The number of halogens is 2. The monoisotopic (exact) mass is 530 g/mol. The summed E-state index contributed by atoms with van der Waals surface area (Å²) < 4.78 is 21.2. The fourth-order valence-electron chi connectivity index (χ4n) is 3.41. The summed E-state index contributed by atoms with van der Waals surface area (Å²) in [4.78, 5) is 37.9. The van der Waals surface area contributed by atoms with Crippen molar-refractivity contribution in [3.05, 3.63) is 86.9 Å². The lowest BCUT2D eigenvalue weighted by atomic mass is 10.1. The average molecular weight is 531 g/mol. The normalized spacial score (nSPS) is 14.2. The van der Waals surface area contributed by atoms with Gasteiger partial charge in [0, 0.05) is 10.0 Å². The van der Waals surface area contributed by atoms with E-state index < -0.39 is 17.9 Å². The van der Waals surface area contributed by atoms with E-state index in [2.05, 4.69) is 10.1 Å². The van der Waals surface area contributed by atoms with Crippen LogP contribution in [0.5, 0.6) is 11.5 Å². The Kier molecular flexibility index (Phi) is 7.52. The van der Waals surface area contributed by atoms with Crippen LogP contribution < -0.4 is 14.8 Å². The smallest absolute Gasteiger partial charge is 0.373 e. The van der Waals surface area contributed by atoms with E-state index in [9.17, 15) is 14.4 Å². The predicted octanol–water partition coefficient (Wildman–Crippen LogP) is 5.05. The number of nitrogens with zero attached hydrogens (tertiary/aromatic N) is 1. The molecule has 1 saturated heterocycles. The van der Waals surface area contributed by atoms with E-state index in [1.165, 1.54) is 26.4 Å². The number of amides is 3. The second-order valence-electron chi connectivity index (χ2n) is 7.57. The number of esters is 1. The Bertz CT molecular complexity index is 1370.